The van der Waals surface area contributed by atoms with E-state index in [0.29, 0.717) is 5.92 Å². The van der Waals surface area contributed by atoms with Crippen LogP contribution in [0, 0.1) is 6.92 Å². The fraction of sp³-hybridized carbons (Fsp3) is 0.333. The van der Waals surface area contributed by atoms with E-state index in [1.165, 1.54) is 11.1 Å². The van der Waals surface area contributed by atoms with Crippen LogP contribution in [0.5, 0.6) is 0 Å². The molecule has 0 bridgehead atoms. The van der Waals surface area contributed by atoms with Crippen molar-refractivity contribution in [1.29, 1.82) is 0 Å². The van der Waals surface area contributed by atoms with Crippen molar-refractivity contribution in [1.82, 2.24) is 14.9 Å². The third-order valence-electron chi connectivity index (χ3n) is 4.34. The van der Waals surface area contributed by atoms with Crippen molar-refractivity contribution in [3.63, 3.8) is 0 Å². The van der Waals surface area contributed by atoms with Gasteiger partial charge in [-0.15, -0.1) is 0 Å². The first-order valence-corrected chi connectivity index (χ1v) is 7.76. The van der Waals surface area contributed by atoms with Gasteiger partial charge >= 0.3 is 0 Å². The summed E-state index contributed by atoms with van der Waals surface area (Å²) in [6.45, 7) is 5.15. The lowest BCUT2D eigenvalue weighted by Gasteiger charge is -2.14. The third kappa shape index (κ3) is 2.62. The first kappa shape index (κ1) is 13.5. The van der Waals surface area contributed by atoms with Crippen LogP contribution in [0.25, 0.3) is 11.1 Å². The van der Waals surface area contributed by atoms with Crippen molar-refractivity contribution in [3.8, 4) is 0 Å². The highest BCUT2D eigenvalue weighted by Gasteiger charge is 2.27. The molecule has 112 valence electrons. The number of rotatable bonds is 3. The summed E-state index contributed by atoms with van der Waals surface area (Å²) in [6, 6.07) is 10.3. The largest absolute Gasteiger partial charge is 0.440 e. The molecule has 1 saturated heterocycles. The Kier molecular flexibility index (Phi) is 3.39. The van der Waals surface area contributed by atoms with Crippen molar-refractivity contribution in [2.75, 3.05) is 13.1 Å². The normalized spacial score (nSPS) is 19.0. The predicted octanol–water partition coefficient (Wildman–Crippen LogP) is 3.52. The van der Waals surface area contributed by atoms with Crippen molar-refractivity contribution < 1.29 is 4.42 Å². The van der Waals surface area contributed by atoms with Gasteiger partial charge in [-0.25, -0.2) is 4.98 Å². The van der Waals surface area contributed by atoms with Crippen LogP contribution in [0.2, 0.25) is 0 Å². The highest BCUT2D eigenvalue weighted by atomic mass is 16.3. The summed E-state index contributed by atoms with van der Waals surface area (Å²) in [4.78, 5) is 11.2. The van der Waals surface area contributed by atoms with Crippen LogP contribution in [0.1, 0.15) is 29.4 Å². The molecule has 4 rings (SSSR count). The Morgan fingerprint density at radius 1 is 1.23 bits per heavy atom. The van der Waals surface area contributed by atoms with Crippen molar-refractivity contribution in [2.45, 2.75) is 25.8 Å². The molecule has 0 N–H and O–H groups in total. The smallest absolute Gasteiger partial charge is 0.199 e. The number of hydrogen-bond acceptors (Lipinski definition) is 4. The number of oxazole rings is 1. The van der Waals surface area contributed by atoms with Gasteiger partial charge < -0.3 is 4.42 Å². The van der Waals surface area contributed by atoms with Crippen LogP contribution in [-0.4, -0.2) is 28.0 Å². The first-order valence-electron chi connectivity index (χ1n) is 7.76. The molecule has 0 radical (unpaired) electrons. The summed E-state index contributed by atoms with van der Waals surface area (Å²) >= 11 is 0. The zero-order chi connectivity index (χ0) is 14.9. The van der Waals surface area contributed by atoms with Gasteiger partial charge in [0.2, 0.25) is 0 Å². The van der Waals surface area contributed by atoms with E-state index in [0.717, 1.165) is 43.0 Å². The zero-order valence-corrected chi connectivity index (χ0v) is 12.7. The quantitative estimate of drug-likeness (QED) is 0.741. The Balaban J connectivity index is 1.49. The molecule has 0 saturated carbocycles. The Morgan fingerprint density at radius 3 is 2.95 bits per heavy atom. The highest BCUT2D eigenvalue weighted by molar-refractivity contribution is 5.73. The molecule has 3 aromatic rings. The van der Waals surface area contributed by atoms with Crippen molar-refractivity contribution in [2.24, 2.45) is 0 Å². The van der Waals surface area contributed by atoms with Gasteiger partial charge in [-0.2, -0.15) is 0 Å². The fourth-order valence-corrected chi connectivity index (χ4v) is 3.15. The maximum atomic E-state index is 5.96. The maximum absolute atomic E-state index is 5.96. The molecule has 2 aromatic heterocycles. The fourth-order valence-electron chi connectivity index (χ4n) is 3.15. The second kappa shape index (κ2) is 5.54. The van der Waals surface area contributed by atoms with E-state index in [2.05, 4.69) is 41.1 Å². The molecule has 1 atom stereocenters. The molecule has 0 spiro atoms. The second-order valence-electron chi connectivity index (χ2n) is 6.10. The summed E-state index contributed by atoms with van der Waals surface area (Å²) in [7, 11) is 0. The number of aromatic nitrogens is 2. The first-order chi connectivity index (χ1) is 10.8. The van der Waals surface area contributed by atoms with E-state index in [9.17, 15) is 0 Å². The van der Waals surface area contributed by atoms with Gasteiger partial charge in [0.25, 0.3) is 0 Å². The molecule has 22 heavy (non-hydrogen) atoms. The Bertz CT molecular complexity index is 781. The van der Waals surface area contributed by atoms with Crippen LogP contribution in [0.4, 0.5) is 0 Å². The molecule has 3 heterocycles. The average Bonchev–Trinajstić information content (AvgIpc) is 3.14. The van der Waals surface area contributed by atoms with Gasteiger partial charge in [0.05, 0.1) is 0 Å². The Hall–Kier alpha value is -2.20. The Labute approximate surface area is 129 Å². The summed E-state index contributed by atoms with van der Waals surface area (Å²) in [5, 5.41) is 0. The molecule has 1 aliphatic rings. The van der Waals surface area contributed by atoms with Gasteiger partial charge in [-0.05, 0) is 55.3 Å². The standard InChI is InChI=1S/C18H19N3O/c1-13-2-3-17-16(10-13)20-18(22-17)15-6-9-21(12-15)11-14-4-7-19-8-5-14/h2-5,7-8,10,15H,6,9,11-12H2,1H3/t15-/m1/s1. The van der Waals surface area contributed by atoms with Crippen molar-refractivity contribution >= 4 is 11.1 Å². The predicted molar refractivity (Wildman–Crippen MR) is 85.6 cm³/mol. The molecule has 1 aliphatic heterocycles. The number of aryl methyl sites for hydroxylation is 1. The van der Waals surface area contributed by atoms with Crippen molar-refractivity contribution in [3.05, 3.63) is 59.7 Å². The monoisotopic (exact) mass is 293 g/mol. The minimum absolute atomic E-state index is 0.398. The molecule has 4 heteroatoms. The molecule has 0 unspecified atom stereocenters. The van der Waals surface area contributed by atoms with Crippen LogP contribution in [0.3, 0.4) is 0 Å². The lowest BCUT2D eigenvalue weighted by molar-refractivity contribution is 0.321. The lowest BCUT2D eigenvalue weighted by Crippen LogP contribution is -2.19. The SMILES string of the molecule is Cc1ccc2oc([C@@H]3CCN(Cc4ccncc4)C3)nc2c1. The summed E-state index contributed by atoms with van der Waals surface area (Å²) in [5.41, 5.74) is 4.40. The number of pyridine rings is 1. The van der Waals surface area contributed by atoms with Crippen LogP contribution in [0.15, 0.2) is 47.1 Å². The van der Waals surface area contributed by atoms with Gasteiger partial charge in [0, 0.05) is 31.4 Å². The number of nitrogens with zero attached hydrogens (tertiary/aromatic N) is 3. The molecular weight excluding hydrogens is 274 g/mol. The minimum Gasteiger partial charge on any atom is -0.440 e. The average molecular weight is 293 g/mol. The van der Waals surface area contributed by atoms with Gasteiger partial charge in [0.1, 0.15) is 5.52 Å². The van der Waals surface area contributed by atoms with E-state index in [4.69, 9.17) is 9.40 Å². The van der Waals surface area contributed by atoms with Crippen LogP contribution < -0.4 is 0 Å². The molecule has 1 aromatic carbocycles. The number of benzene rings is 1. The lowest BCUT2D eigenvalue weighted by atomic mass is 10.1. The highest BCUT2D eigenvalue weighted by Crippen LogP contribution is 2.30. The van der Waals surface area contributed by atoms with Crippen LogP contribution in [-0.2, 0) is 6.54 Å². The Morgan fingerprint density at radius 2 is 2.09 bits per heavy atom. The van der Waals surface area contributed by atoms with Gasteiger partial charge in [-0.1, -0.05) is 6.07 Å². The second-order valence-corrected chi connectivity index (χ2v) is 6.10. The third-order valence-corrected chi connectivity index (χ3v) is 4.34. The molecule has 0 amide bonds. The molecule has 4 nitrogen and oxygen atoms in total. The summed E-state index contributed by atoms with van der Waals surface area (Å²) < 4.78 is 5.96. The van der Waals surface area contributed by atoms with E-state index >= 15 is 0 Å². The zero-order valence-electron chi connectivity index (χ0n) is 12.7. The van der Waals surface area contributed by atoms with Gasteiger partial charge in [-0.3, -0.25) is 9.88 Å². The number of fused-ring (bicyclic) bond motifs is 1. The van der Waals surface area contributed by atoms with Crippen LogP contribution >= 0.6 is 0 Å². The number of hydrogen-bond donors (Lipinski definition) is 0. The van der Waals surface area contributed by atoms with E-state index in [1.807, 2.05) is 18.5 Å². The van der Waals surface area contributed by atoms with Gasteiger partial charge in [0.15, 0.2) is 11.5 Å². The maximum Gasteiger partial charge on any atom is 0.199 e. The van der Waals surface area contributed by atoms with E-state index in [1.54, 1.807) is 0 Å². The summed E-state index contributed by atoms with van der Waals surface area (Å²) in [6.07, 6.45) is 4.81. The van der Waals surface area contributed by atoms with E-state index < -0.39 is 0 Å². The molecular formula is C18H19N3O. The minimum atomic E-state index is 0.398. The summed E-state index contributed by atoms with van der Waals surface area (Å²) in [5.74, 6) is 1.28. The number of likely N-dealkylation sites (tertiary alicyclic amines) is 1. The topological polar surface area (TPSA) is 42.2 Å². The van der Waals surface area contributed by atoms with E-state index in [-0.39, 0.29) is 0 Å². The molecule has 0 aliphatic carbocycles. The molecule has 1 fully saturated rings.